The van der Waals surface area contributed by atoms with Crippen LogP contribution >= 0.6 is 11.3 Å². The Morgan fingerprint density at radius 2 is 2.19 bits per heavy atom. The monoisotopic (exact) mass is 304 g/mol. The van der Waals surface area contributed by atoms with Crippen molar-refractivity contribution in [1.29, 1.82) is 0 Å². The van der Waals surface area contributed by atoms with Gasteiger partial charge in [0.05, 0.1) is 16.8 Å². The topological polar surface area (TPSA) is 51.0 Å². The van der Waals surface area contributed by atoms with Crippen LogP contribution in [0.2, 0.25) is 0 Å². The fourth-order valence-electron chi connectivity index (χ4n) is 2.77. The second-order valence-electron chi connectivity index (χ2n) is 5.77. The number of thiazole rings is 1. The molecule has 1 saturated heterocycles. The van der Waals surface area contributed by atoms with Crippen LogP contribution in [0.5, 0.6) is 0 Å². The van der Waals surface area contributed by atoms with Gasteiger partial charge in [-0.05, 0) is 19.8 Å². The van der Waals surface area contributed by atoms with E-state index in [1.54, 1.807) is 22.2 Å². The largest absolute Gasteiger partial charge is 0.338 e. The standard InChI is InChI=1S/C15H20N4OS/c1-3-19-11-12(10-17-19)13(20)18-7-4-15(2,5-8-18)14-16-6-9-21-14/h6,9-11H,3-5,7-8H2,1-2H3. The highest BCUT2D eigenvalue weighted by Crippen LogP contribution is 2.36. The van der Waals surface area contributed by atoms with Crippen LogP contribution in [-0.2, 0) is 12.0 Å². The van der Waals surface area contributed by atoms with E-state index < -0.39 is 0 Å². The Morgan fingerprint density at radius 1 is 1.43 bits per heavy atom. The molecule has 2 aromatic heterocycles. The third-order valence-electron chi connectivity index (χ3n) is 4.31. The Morgan fingerprint density at radius 3 is 2.76 bits per heavy atom. The average molecular weight is 304 g/mol. The number of carbonyl (C=O) groups is 1. The summed E-state index contributed by atoms with van der Waals surface area (Å²) in [7, 11) is 0. The van der Waals surface area contributed by atoms with Gasteiger partial charge < -0.3 is 4.90 Å². The molecule has 0 atom stereocenters. The van der Waals surface area contributed by atoms with Crippen molar-refractivity contribution in [2.24, 2.45) is 0 Å². The van der Waals surface area contributed by atoms with E-state index in [9.17, 15) is 4.79 Å². The van der Waals surface area contributed by atoms with Crippen molar-refractivity contribution in [2.75, 3.05) is 13.1 Å². The summed E-state index contributed by atoms with van der Waals surface area (Å²) in [6, 6.07) is 0. The van der Waals surface area contributed by atoms with Crippen molar-refractivity contribution < 1.29 is 4.79 Å². The van der Waals surface area contributed by atoms with Crippen LogP contribution in [0.15, 0.2) is 24.0 Å². The summed E-state index contributed by atoms with van der Waals surface area (Å²) in [5.74, 6) is 0.0934. The number of rotatable bonds is 3. The summed E-state index contributed by atoms with van der Waals surface area (Å²) in [6.07, 6.45) is 7.29. The Labute approximate surface area is 128 Å². The minimum Gasteiger partial charge on any atom is -0.338 e. The molecule has 112 valence electrons. The summed E-state index contributed by atoms with van der Waals surface area (Å²) in [6.45, 7) is 6.62. The van der Waals surface area contributed by atoms with E-state index in [-0.39, 0.29) is 11.3 Å². The first-order valence-corrected chi connectivity index (χ1v) is 8.22. The van der Waals surface area contributed by atoms with Crippen molar-refractivity contribution in [3.63, 3.8) is 0 Å². The molecule has 21 heavy (non-hydrogen) atoms. The molecule has 0 radical (unpaired) electrons. The molecule has 0 unspecified atom stereocenters. The lowest BCUT2D eigenvalue weighted by Gasteiger charge is -2.38. The first-order valence-electron chi connectivity index (χ1n) is 7.34. The van der Waals surface area contributed by atoms with Crippen molar-refractivity contribution in [3.8, 4) is 0 Å². The lowest BCUT2D eigenvalue weighted by Crippen LogP contribution is -2.43. The normalized spacial score (nSPS) is 17.9. The predicted molar refractivity (Wildman–Crippen MR) is 82.5 cm³/mol. The number of hydrogen-bond donors (Lipinski definition) is 0. The van der Waals surface area contributed by atoms with Crippen LogP contribution in [0, 0.1) is 0 Å². The van der Waals surface area contributed by atoms with Gasteiger partial charge in [-0.3, -0.25) is 9.48 Å². The minimum atomic E-state index is 0.0934. The molecule has 6 heteroatoms. The van der Waals surface area contributed by atoms with E-state index in [1.165, 1.54) is 5.01 Å². The number of hydrogen-bond acceptors (Lipinski definition) is 4. The van der Waals surface area contributed by atoms with Gasteiger partial charge >= 0.3 is 0 Å². The molecule has 1 amide bonds. The van der Waals surface area contributed by atoms with Crippen LogP contribution in [0.4, 0.5) is 0 Å². The Kier molecular flexibility index (Phi) is 3.80. The second kappa shape index (κ2) is 5.60. The first kappa shape index (κ1) is 14.3. The molecule has 0 bridgehead atoms. The first-order chi connectivity index (χ1) is 10.1. The Hall–Kier alpha value is -1.69. The molecule has 0 aromatic carbocycles. The van der Waals surface area contributed by atoms with E-state index in [1.807, 2.05) is 29.6 Å². The van der Waals surface area contributed by atoms with Crippen molar-refractivity contribution in [3.05, 3.63) is 34.5 Å². The van der Waals surface area contributed by atoms with Crippen molar-refractivity contribution in [1.82, 2.24) is 19.7 Å². The smallest absolute Gasteiger partial charge is 0.257 e. The van der Waals surface area contributed by atoms with E-state index in [0.29, 0.717) is 5.56 Å². The number of carbonyl (C=O) groups excluding carboxylic acids is 1. The van der Waals surface area contributed by atoms with Crippen molar-refractivity contribution >= 4 is 17.2 Å². The van der Waals surface area contributed by atoms with Gasteiger partial charge in [0.1, 0.15) is 0 Å². The third kappa shape index (κ3) is 2.72. The summed E-state index contributed by atoms with van der Waals surface area (Å²) < 4.78 is 1.79. The van der Waals surface area contributed by atoms with Gasteiger partial charge in [0.2, 0.25) is 0 Å². The molecule has 3 heterocycles. The maximum atomic E-state index is 12.5. The molecule has 0 N–H and O–H groups in total. The zero-order valence-electron chi connectivity index (χ0n) is 12.5. The molecule has 1 fully saturated rings. The third-order valence-corrected chi connectivity index (χ3v) is 5.39. The lowest BCUT2D eigenvalue weighted by atomic mass is 9.81. The highest BCUT2D eigenvalue weighted by Gasteiger charge is 2.35. The zero-order valence-corrected chi connectivity index (χ0v) is 13.3. The zero-order chi connectivity index (χ0) is 14.9. The van der Waals surface area contributed by atoms with E-state index in [0.717, 1.165) is 32.5 Å². The number of piperidine rings is 1. The highest BCUT2D eigenvalue weighted by atomic mass is 32.1. The van der Waals surface area contributed by atoms with E-state index >= 15 is 0 Å². The van der Waals surface area contributed by atoms with Crippen molar-refractivity contribution in [2.45, 2.75) is 38.6 Å². The summed E-state index contributed by atoms with van der Waals surface area (Å²) in [5.41, 5.74) is 0.799. The highest BCUT2D eigenvalue weighted by molar-refractivity contribution is 7.09. The molecule has 0 saturated carbocycles. The van der Waals surface area contributed by atoms with Gasteiger partial charge in [-0.2, -0.15) is 5.10 Å². The quantitative estimate of drug-likeness (QED) is 0.875. The molecule has 1 aliphatic rings. The van der Waals surface area contributed by atoms with Gasteiger partial charge in [-0.15, -0.1) is 11.3 Å². The molecule has 3 rings (SSSR count). The number of aryl methyl sites for hydroxylation is 1. The van der Waals surface area contributed by atoms with Gasteiger partial charge in [-0.1, -0.05) is 6.92 Å². The number of nitrogens with zero attached hydrogens (tertiary/aromatic N) is 4. The van der Waals surface area contributed by atoms with Gasteiger partial charge in [-0.25, -0.2) is 4.98 Å². The molecular weight excluding hydrogens is 284 g/mol. The summed E-state index contributed by atoms with van der Waals surface area (Å²) in [4.78, 5) is 18.9. The van der Waals surface area contributed by atoms with Gasteiger partial charge in [0.25, 0.3) is 5.91 Å². The Bertz CT molecular complexity index is 611. The molecular formula is C15H20N4OS. The van der Waals surface area contributed by atoms with E-state index in [2.05, 4.69) is 17.0 Å². The molecule has 5 nitrogen and oxygen atoms in total. The lowest BCUT2D eigenvalue weighted by molar-refractivity contribution is 0.0676. The predicted octanol–water partition coefficient (Wildman–Crippen LogP) is 2.55. The molecule has 0 spiro atoms. The van der Waals surface area contributed by atoms with Crippen LogP contribution in [0.25, 0.3) is 0 Å². The summed E-state index contributed by atoms with van der Waals surface area (Å²) >= 11 is 1.71. The average Bonchev–Trinajstić information content (AvgIpc) is 3.19. The Balaban J connectivity index is 1.67. The fraction of sp³-hybridized carbons (Fsp3) is 0.533. The molecule has 2 aromatic rings. The molecule has 0 aliphatic carbocycles. The minimum absolute atomic E-state index is 0.0934. The van der Waals surface area contributed by atoms with Gasteiger partial charge in [0, 0.05) is 42.8 Å². The van der Waals surface area contributed by atoms with Crippen LogP contribution < -0.4 is 0 Å². The van der Waals surface area contributed by atoms with Gasteiger partial charge in [0.15, 0.2) is 0 Å². The van der Waals surface area contributed by atoms with E-state index in [4.69, 9.17) is 0 Å². The number of aromatic nitrogens is 3. The van der Waals surface area contributed by atoms with Crippen LogP contribution in [0.1, 0.15) is 42.1 Å². The number of amides is 1. The maximum absolute atomic E-state index is 12.5. The molecule has 1 aliphatic heterocycles. The summed E-state index contributed by atoms with van der Waals surface area (Å²) in [5, 5.41) is 7.39. The van der Waals surface area contributed by atoms with Crippen LogP contribution in [-0.4, -0.2) is 38.7 Å². The SMILES string of the molecule is CCn1cc(C(=O)N2CCC(C)(c3nccs3)CC2)cn1. The second-order valence-corrected chi connectivity index (χ2v) is 6.67. The number of likely N-dealkylation sites (tertiary alicyclic amines) is 1. The van der Waals surface area contributed by atoms with Crippen LogP contribution in [0.3, 0.4) is 0 Å². The fourth-order valence-corrected chi connectivity index (χ4v) is 3.63. The maximum Gasteiger partial charge on any atom is 0.257 e.